The van der Waals surface area contributed by atoms with Crippen LogP contribution >= 0.6 is 11.8 Å². The summed E-state index contributed by atoms with van der Waals surface area (Å²) in [5.41, 5.74) is 1.31. The standard InChI is InChI=1S/C20H21N3O2S/c1-13(2)23-19(25)16-11-7-8-12-17(16)22-20(23)26-14(3)18(24)21-15-9-5-4-6-10-15/h4-14H,1-3H3,(H,21,24)/t14-/m0/s1. The lowest BCUT2D eigenvalue weighted by Gasteiger charge is -2.18. The number of fused-ring (bicyclic) bond motifs is 1. The summed E-state index contributed by atoms with van der Waals surface area (Å²) in [6.07, 6.45) is 0. The van der Waals surface area contributed by atoms with Gasteiger partial charge in [-0.25, -0.2) is 4.98 Å². The van der Waals surface area contributed by atoms with Crippen LogP contribution in [0.2, 0.25) is 0 Å². The minimum atomic E-state index is -0.395. The number of hydrogen-bond acceptors (Lipinski definition) is 4. The molecule has 0 fully saturated rings. The highest BCUT2D eigenvalue weighted by molar-refractivity contribution is 8.00. The Morgan fingerprint density at radius 1 is 1.04 bits per heavy atom. The van der Waals surface area contributed by atoms with Gasteiger partial charge in [0.15, 0.2) is 5.16 Å². The molecule has 0 spiro atoms. The zero-order valence-corrected chi connectivity index (χ0v) is 15.8. The molecule has 3 aromatic rings. The summed E-state index contributed by atoms with van der Waals surface area (Å²) in [5.74, 6) is -0.126. The number of thioether (sulfide) groups is 1. The second-order valence-electron chi connectivity index (χ2n) is 6.30. The number of carbonyl (C=O) groups excluding carboxylic acids is 1. The highest BCUT2D eigenvalue weighted by atomic mass is 32.2. The number of hydrogen-bond donors (Lipinski definition) is 1. The molecule has 6 heteroatoms. The summed E-state index contributed by atoms with van der Waals surface area (Å²) in [7, 11) is 0. The van der Waals surface area contributed by atoms with E-state index in [9.17, 15) is 9.59 Å². The predicted octanol–water partition coefficient (Wildman–Crippen LogP) is 4.10. The van der Waals surface area contributed by atoms with Crippen molar-refractivity contribution < 1.29 is 4.79 Å². The molecule has 26 heavy (non-hydrogen) atoms. The second-order valence-corrected chi connectivity index (χ2v) is 7.60. The molecule has 1 atom stereocenters. The molecule has 0 radical (unpaired) electrons. The minimum absolute atomic E-state index is 0.0495. The van der Waals surface area contributed by atoms with E-state index in [1.54, 1.807) is 10.6 Å². The van der Waals surface area contributed by atoms with E-state index in [1.807, 2.05) is 69.3 Å². The Labute approximate surface area is 156 Å². The van der Waals surface area contributed by atoms with Crippen molar-refractivity contribution in [3.05, 3.63) is 65.0 Å². The third kappa shape index (κ3) is 3.80. The van der Waals surface area contributed by atoms with Gasteiger partial charge in [-0.3, -0.25) is 14.2 Å². The van der Waals surface area contributed by atoms with E-state index in [2.05, 4.69) is 10.3 Å². The van der Waals surface area contributed by atoms with Crippen molar-refractivity contribution in [3.8, 4) is 0 Å². The molecule has 0 saturated carbocycles. The van der Waals surface area contributed by atoms with Gasteiger partial charge >= 0.3 is 0 Å². The van der Waals surface area contributed by atoms with E-state index in [0.717, 1.165) is 5.69 Å². The van der Waals surface area contributed by atoms with Crippen LogP contribution < -0.4 is 10.9 Å². The van der Waals surface area contributed by atoms with Crippen LogP contribution in [0.5, 0.6) is 0 Å². The smallest absolute Gasteiger partial charge is 0.262 e. The molecular formula is C20H21N3O2S. The maximum absolute atomic E-state index is 12.8. The molecule has 0 aliphatic heterocycles. The van der Waals surface area contributed by atoms with Gasteiger partial charge in [-0.15, -0.1) is 0 Å². The van der Waals surface area contributed by atoms with Gasteiger partial charge in [0.2, 0.25) is 5.91 Å². The molecule has 1 N–H and O–H groups in total. The van der Waals surface area contributed by atoms with Crippen molar-refractivity contribution >= 4 is 34.3 Å². The molecule has 0 bridgehead atoms. The number of benzene rings is 2. The van der Waals surface area contributed by atoms with E-state index in [0.29, 0.717) is 16.1 Å². The highest BCUT2D eigenvalue weighted by Gasteiger charge is 2.20. The average molecular weight is 367 g/mol. The van der Waals surface area contributed by atoms with Crippen LogP contribution in [-0.2, 0) is 4.79 Å². The van der Waals surface area contributed by atoms with Crippen molar-refractivity contribution in [1.82, 2.24) is 9.55 Å². The number of anilines is 1. The molecule has 3 rings (SSSR count). The molecule has 1 aromatic heterocycles. The van der Waals surface area contributed by atoms with E-state index in [-0.39, 0.29) is 17.5 Å². The van der Waals surface area contributed by atoms with Gasteiger partial charge in [-0.1, -0.05) is 42.1 Å². The van der Waals surface area contributed by atoms with Gasteiger partial charge in [0.25, 0.3) is 5.56 Å². The van der Waals surface area contributed by atoms with Crippen molar-refractivity contribution in [1.29, 1.82) is 0 Å². The van der Waals surface area contributed by atoms with E-state index in [4.69, 9.17) is 0 Å². The third-order valence-electron chi connectivity index (χ3n) is 3.98. The quantitative estimate of drug-likeness (QED) is 0.545. The molecule has 2 aromatic carbocycles. The van der Waals surface area contributed by atoms with Crippen molar-refractivity contribution in [2.45, 2.75) is 37.2 Å². The Hall–Kier alpha value is -2.60. The van der Waals surface area contributed by atoms with Gasteiger partial charge in [0.1, 0.15) is 0 Å². The summed E-state index contributed by atoms with van der Waals surface area (Å²) >= 11 is 1.29. The second kappa shape index (κ2) is 7.74. The predicted molar refractivity (Wildman–Crippen MR) is 107 cm³/mol. The first-order valence-corrected chi connectivity index (χ1v) is 9.39. The van der Waals surface area contributed by atoms with E-state index < -0.39 is 5.25 Å². The van der Waals surface area contributed by atoms with E-state index >= 15 is 0 Å². The van der Waals surface area contributed by atoms with Crippen LogP contribution in [0.1, 0.15) is 26.8 Å². The number of nitrogens with one attached hydrogen (secondary N) is 1. The SMILES string of the molecule is CC(C)n1c(S[C@@H](C)C(=O)Nc2ccccc2)nc2ccccc2c1=O. The lowest BCUT2D eigenvalue weighted by atomic mass is 10.2. The molecule has 0 aliphatic rings. The molecular weight excluding hydrogens is 346 g/mol. The van der Waals surface area contributed by atoms with Crippen LogP contribution in [0.4, 0.5) is 5.69 Å². The first-order valence-electron chi connectivity index (χ1n) is 8.51. The molecule has 0 unspecified atom stereocenters. The Kier molecular flexibility index (Phi) is 5.42. The number of nitrogens with zero attached hydrogens (tertiary/aromatic N) is 2. The van der Waals surface area contributed by atoms with Gasteiger partial charge in [-0.2, -0.15) is 0 Å². The first kappa shape index (κ1) is 18.2. The first-order chi connectivity index (χ1) is 12.5. The Balaban J connectivity index is 1.91. The number of amides is 1. The molecule has 1 amide bonds. The number of aromatic nitrogens is 2. The van der Waals surface area contributed by atoms with Crippen LogP contribution in [0.3, 0.4) is 0 Å². The van der Waals surface area contributed by atoms with Gasteiger partial charge in [-0.05, 0) is 45.0 Å². The summed E-state index contributed by atoms with van der Waals surface area (Å²) in [6.45, 7) is 5.70. The number of rotatable bonds is 5. The fraction of sp³-hybridized carbons (Fsp3) is 0.250. The fourth-order valence-corrected chi connectivity index (χ4v) is 3.68. The van der Waals surface area contributed by atoms with Crippen LogP contribution in [0, 0.1) is 0 Å². The van der Waals surface area contributed by atoms with Crippen LogP contribution in [-0.4, -0.2) is 20.7 Å². The summed E-state index contributed by atoms with van der Waals surface area (Å²) < 4.78 is 1.65. The summed E-state index contributed by atoms with van der Waals surface area (Å²) in [5, 5.41) is 3.64. The van der Waals surface area contributed by atoms with Gasteiger partial charge < -0.3 is 5.32 Å². The van der Waals surface area contributed by atoms with Gasteiger partial charge in [0.05, 0.1) is 16.2 Å². The zero-order chi connectivity index (χ0) is 18.7. The third-order valence-corrected chi connectivity index (χ3v) is 5.05. The van der Waals surface area contributed by atoms with Gasteiger partial charge in [0, 0.05) is 11.7 Å². The lowest BCUT2D eigenvalue weighted by molar-refractivity contribution is -0.115. The Morgan fingerprint density at radius 2 is 1.69 bits per heavy atom. The lowest BCUT2D eigenvalue weighted by Crippen LogP contribution is -2.28. The normalized spacial score (nSPS) is 12.3. The van der Waals surface area contributed by atoms with Crippen LogP contribution in [0.15, 0.2) is 64.5 Å². The molecule has 1 heterocycles. The van der Waals surface area contributed by atoms with E-state index in [1.165, 1.54) is 11.8 Å². The number of para-hydroxylation sites is 2. The summed E-state index contributed by atoms with van der Waals surface area (Å²) in [4.78, 5) is 30.0. The topological polar surface area (TPSA) is 64.0 Å². The minimum Gasteiger partial charge on any atom is -0.325 e. The fourth-order valence-electron chi connectivity index (χ4n) is 2.64. The zero-order valence-electron chi connectivity index (χ0n) is 15.0. The van der Waals surface area contributed by atoms with Crippen LogP contribution in [0.25, 0.3) is 10.9 Å². The van der Waals surface area contributed by atoms with Crippen molar-refractivity contribution in [2.75, 3.05) is 5.32 Å². The van der Waals surface area contributed by atoms with Crippen molar-refractivity contribution in [3.63, 3.8) is 0 Å². The number of carbonyl (C=O) groups is 1. The highest BCUT2D eigenvalue weighted by Crippen LogP contribution is 2.25. The monoisotopic (exact) mass is 367 g/mol. The largest absolute Gasteiger partial charge is 0.325 e. The maximum Gasteiger partial charge on any atom is 0.262 e. The molecule has 0 aliphatic carbocycles. The van der Waals surface area contributed by atoms with Crippen molar-refractivity contribution in [2.24, 2.45) is 0 Å². The Bertz CT molecular complexity index is 983. The molecule has 0 saturated heterocycles. The maximum atomic E-state index is 12.8. The summed E-state index contributed by atoms with van der Waals surface area (Å²) in [6, 6.07) is 16.6. The molecule has 5 nitrogen and oxygen atoms in total. The molecule has 134 valence electrons. The Morgan fingerprint density at radius 3 is 2.38 bits per heavy atom. The average Bonchev–Trinajstić information content (AvgIpc) is 2.62.